The van der Waals surface area contributed by atoms with E-state index in [0.29, 0.717) is 17.0 Å². The zero-order valence-corrected chi connectivity index (χ0v) is 11.4. The summed E-state index contributed by atoms with van der Waals surface area (Å²) in [4.78, 5) is 13.5. The van der Waals surface area contributed by atoms with Crippen LogP contribution in [0, 0.1) is 5.92 Å². The van der Waals surface area contributed by atoms with E-state index in [1.165, 1.54) is 0 Å². The minimum atomic E-state index is -0.957. The molecule has 1 N–H and O–H groups in total. The molecular formula is C14H18ClNO2. The van der Waals surface area contributed by atoms with Crippen molar-refractivity contribution >= 4 is 23.3 Å². The van der Waals surface area contributed by atoms with E-state index in [4.69, 9.17) is 11.6 Å². The van der Waals surface area contributed by atoms with Gasteiger partial charge >= 0.3 is 5.97 Å². The van der Waals surface area contributed by atoms with Gasteiger partial charge in [-0.1, -0.05) is 24.6 Å². The highest BCUT2D eigenvalue weighted by Gasteiger charge is 2.27. The predicted octanol–water partition coefficient (Wildman–Crippen LogP) is 3.66. The van der Waals surface area contributed by atoms with Crippen molar-refractivity contribution in [3.63, 3.8) is 0 Å². The van der Waals surface area contributed by atoms with E-state index in [-0.39, 0.29) is 5.56 Å². The maximum atomic E-state index is 11.3. The lowest BCUT2D eigenvalue weighted by atomic mass is 9.92. The highest BCUT2D eigenvalue weighted by Crippen LogP contribution is 2.33. The molecule has 98 valence electrons. The average molecular weight is 268 g/mol. The number of carboxylic acid groups (broad SMARTS) is 1. The van der Waals surface area contributed by atoms with Crippen LogP contribution in [0.25, 0.3) is 0 Å². The maximum absolute atomic E-state index is 11.3. The Hall–Kier alpha value is -1.22. The zero-order valence-electron chi connectivity index (χ0n) is 10.7. The highest BCUT2D eigenvalue weighted by atomic mass is 35.5. The summed E-state index contributed by atoms with van der Waals surface area (Å²) < 4.78 is 0. The molecule has 2 unspecified atom stereocenters. The van der Waals surface area contributed by atoms with Crippen LogP contribution >= 0.6 is 11.6 Å². The Bertz CT molecular complexity index is 461. The van der Waals surface area contributed by atoms with Gasteiger partial charge in [0.05, 0.1) is 10.7 Å². The normalized spacial score (nSPS) is 24.1. The Morgan fingerprint density at radius 3 is 2.78 bits per heavy atom. The molecule has 1 aromatic rings. The van der Waals surface area contributed by atoms with Gasteiger partial charge in [-0.2, -0.15) is 0 Å². The minimum Gasteiger partial charge on any atom is -0.478 e. The van der Waals surface area contributed by atoms with Gasteiger partial charge in [0, 0.05) is 12.6 Å². The van der Waals surface area contributed by atoms with Crippen molar-refractivity contribution in [3.05, 3.63) is 28.8 Å². The molecule has 1 aromatic carbocycles. The SMILES string of the molecule is CC1CCN(c2cccc(Cl)c2C(=O)O)C(C)C1. The number of aromatic carboxylic acids is 1. The van der Waals surface area contributed by atoms with Gasteiger partial charge in [0.2, 0.25) is 0 Å². The van der Waals surface area contributed by atoms with Crippen LogP contribution in [0.15, 0.2) is 18.2 Å². The fourth-order valence-electron chi connectivity index (χ4n) is 2.73. The first-order valence-electron chi connectivity index (χ1n) is 6.29. The Morgan fingerprint density at radius 2 is 2.17 bits per heavy atom. The Balaban J connectivity index is 2.39. The lowest BCUT2D eigenvalue weighted by Gasteiger charge is -2.39. The third-order valence-corrected chi connectivity index (χ3v) is 3.97. The van der Waals surface area contributed by atoms with E-state index in [2.05, 4.69) is 18.7 Å². The first kappa shape index (κ1) is 13.2. The summed E-state index contributed by atoms with van der Waals surface area (Å²) in [6.07, 6.45) is 2.18. The smallest absolute Gasteiger partial charge is 0.339 e. The molecule has 2 atom stereocenters. The van der Waals surface area contributed by atoms with Crippen molar-refractivity contribution in [2.24, 2.45) is 5.92 Å². The molecule has 18 heavy (non-hydrogen) atoms. The van der Waals surface area contributed by atoms with Crippen LogP contribution in [0.1, 0.15) is 37.0 Å². The molecule has 0 aliphatic carbocycles. The second kappa shape index (κ2) is 5.19. The first-order valence-corrected chi connectivity index (χ1v) is 6.67. The van der Waals surface area contributed by atoms with Gasteiger partial charge in [0.15, 0.2) is 0 Å². The van der Waals surface area contributed by atoms with Crippen LogP contribution in [0.2, 0.25) is 5.02 Å². The number of anilines is 1. The van der Waals surface area contributed by atoms with Gasteiger partial charge < -0.3 is 10.0 Å². The van der Waals surface area contributed by atoms with E-state index in [0.717, 1.165) is 25.1 Å². The average Bonchev–Trinajstić information content (AvgIpc) is 2.28. The molecule has 0 spiro atoms. The molecule has 2 rings (SSSR count). The topological polar surface area (TPSA) is 40.5 Å². The number of halogens is 1. The van der Waals surface area contributed by atoms with Crippen molar-refractivity contribution in [2.45, 2.75) is 32.7 Å². The number of piperidine rings is 1. The van der Waals surface area contributed by atoms with Crippen molar-refractivity contribution in [3.8, 4) is 0 Å². The van der Waals surface area contributed by atoms with E-state index >= 15 is 0 Å². The fraction of sp³-hybridized carbons (Fsp3) is 0.500. The Morgan fingerprint density at radius 1 is 1.44 bits per heavy atom. The predicted molar refractivity (Wildman–Crippen MR) is 73.6 cm³/mol. The molecule has 1 fully saturated rings. The van der Waals surface area contributed by atoms with Gasteiger partial charge in [0.25, 0.3) is 0 Å². The second-order valence-electron chi connectivity index (χ2n) is 5.11. The van der Waals surface area contributed by atoms with E-state index < -0.39 is 5.97 Å². The maximum Gasteiger partial charge on any atom is 0.339 e. The number of carboxylic acids is 1. The van der Waals surface area contributed by atoms with Crippen LogP contribution in [0.3, 0.4) is 0 Å². The van der Waals surface area contributed by atoms with Crippen LogP contribution < -0.4 is 4.90 Å². The summed E-state index contributed by atoms with van der Waals surface area (Å²) in [5.74, 6) is -0.259. The highest BCUT2D eigenvalue weighted by molar-refractivity contribution is 6.34. The number of rotatable bonds is 2. The molecule has 0 aromatic heterocycles. The molecule has 1 heterocycles. The molecule has 0 saturated carbocycles. The molecule has 0 radical (unpaired) electrons. The summed E-state index contributed by atoms with van der Waals surface area (Å²) >= 11 is 6.01. The molecule has 1 aliphatic heterocycles. The van der Waals surface area contributed by atoms with Crippen LogP contribution in [0.4, 0.5) is 5.69 Å². The lowest BCUT2D eigenvalue weighted by molar-refractivity contribution is 0.0697. The van der Waals surface area contributed by atoms with Crippen LogP contribution in [0.5, 0.6) is 0 Å². The third-order valence-electron chi connectivity index (χ3n) is 3.65. The van der Waals surface area contributed by atoms with Gasteiger partial charge in [-0.3, -0.25) is 0 Å². The van der Waals surface area contributed by atoms with Gasteiger partial charge in [-0.05, 0) is 37.8 Å². The number of carbonyl (C=O) groups is 1. The monoisotopic (exact) mass is 267 g/mol. The van der Waals surface area contributed by atoms with E-state index in [1.807, 2.05) is 12.1 Å². The molecule has 3 nitrogen and oxygen atoms in total. The van der Waals surface area contributed by atoms with Crippen LogP contribution in [-0.2, 0) is 0 Å². The van der Waals surface area contributed by atoms with E-state index in [9.17, 15) is 9.90 Å². The standard InChI is InChI=1S/C14H18ClNO2/c1-9-6-7-16(10(2)8-9)12-5-3-4-11(15)13(12)14(17)18/h3-5,9-10H,6-8H2,1-2H3,(H,17,18). The first-order chi connectivity index (χ1) is 8.50. The third kappa shape index (κ3) is 2.46. The summed E-state index contributed by atoms with van der Waals surface area (Å²) in [5.41, 5.74) is 0.968. The second-order valence-corrected chi connectivity index (χ2v) is 5.52. The Kier molecular flexibility index (Phi) is 3.81. The minimum absolute atomic E-state index is 0.223. The molecule has 4 heteroatoms. The lowest BCUT2D eigenvalue weighted by Crippen LogP contribution is -2.41. The molecule has 0 amide bonds. The van der Waals surface area contributed by atoms with Gasteiger partial charge in [-0.15, -0.1) is 0 Å². The van der Waals surface area contributed by atoms with Gasteiger partial charge in [-0.25, -0.2) is 4.79 Å². The fourth-order valence-corrected chi connectivity index (χ4v) is 2.98. The zero-order chi connectivity index (χ0) is 13.3. The van der Waals surface area contributed by atoms with Crippen molar-refractivity contribution < 1.29 is 9.90 Å². The summed E-state index contributed by atoms with van der Waals surface area (Å²) in [6.45, 7) is 5.27. The van der Waals surface area contributed by atoms with Crippen molar-refractivity contribution in [1.29, 1.82) is 0 Å². The molecule has 1 aliphatic rings. The summed E-state index contributed by atoms with van der Waals surface area (Å²) in [7, 11) is 0. The number of hydrogen-bond acceptors (Lipinski definition) is 2. The molecule has 0 bridgehead atoms. The molecule has 1 saturated heterocycles. The number of nitrogens with zero attached hydrogens (tertiary/aromatic N) is 1. The Labute approximate surface area is 112 Å². The van der Waals surface area contributed by atoms with E-state index in [1.54, 1.807) is 6.07 Å². The quantitative estimate of drug-likeness (QED) is 0.889. The summed E-state index contributed by atoms with van der Waals surface area (Å²) in [6, 6.07) is 5.65. The molecular weight excluding hydrogens is 250 g/mol. The van der Waals surface area contributed by atoms with Crippen LogP contribution in [-0.4, -0.2) is 23.7 Å². The number of benzene rings is 1. The number of hydrogen-bond donors (Lipinski definition) is 1. The summed E-state index contributed by atoms with van der Waals surface area (Å²) in [5, 5.41) is 9.62. The van der Waals surface area contributed by atoms with Gasteiger partial charge in [0.1, 0.15) is 5.56 Å². The van der Waals surface area contributed by atoms with Crippen molar-refractivity contribution in [2.75, 3.05) is 11.4 Å². The van der Waals surface area contributed by atoms with Crippen molar-refractivity contribution in [1.82, 2.24) is 0 Å². The largest absolute Gasteiger partial charge is 0.478 e.